The number of nitrogens with zero attached hydrogens (tertiary/aromatic N) is 2. The molecule has 1 atom stereocenters. The maximum atomic E-state index is 12.9. The molecule has 0 saturated carbocycles. The summed E-state index contributed by atoms with van der Waals surface area (Å²) in [6.45, 7) is -0.226. The summed E-state index contributed by atoms with van der Waals surface area (Å²) < 4.78 is 11.5. The van der Waals surface area contributed by atoms with Crippen LogP contribution in [0.25, 0.3) is 11.0 Å². The molecule has 0 aliphatic rings. The molecule has 0 radical (unpaired) electrons. The van der Waals surface area contributed by atoms with Crippen molar-refractivity contribution in [1.82, 2.24) is 15.3 Å². The maximum Gasteiger partial charge on any atom is 0.339 e. The van der Waals surface area contributed by atoms with Crippen LogP contribution in [0.5, 0.6) is 11.6 Å². The van der Waals surface area contributed by atoms with Crippen LogP contribution in [-0.2, 0) is 0 Å². The lowest BCUT2D eigenvalue weighted by atomic mass is 10.2. The molecule has 0 spiro atoms. The van der Waals surface area contributed by atoms with Gasteiger partial charge in [0.1, 0.15) is 17.9 Å². The molecular weight excluding hydrogens is 481 g/mol. The fourth-order valence-electron chi connectivity index (χ4n) is 3.08. The van der Waals surface area contributed by atoms with E-state index < -0.39 is 18.1 Å². The number of para-hydroxylation sites is 3. The Balaban J connectivity index is 1.58. The van der Waals surface area contributed by atoms with E-state index in [1.54, 1.807) is 24.3 Å². The summed E-state index contributed by atoms with van der Waals surface area (Å²) in [6.07, 6.45) is 0.360. The molecule has 1 aromatic heterocycles. The highest BCUT2D eigenvalue weighted by atomic mass is 35.5. The van der Waals surface area contributed by atoms with Crippen molar-refractivity contribution in [3.05, 3.63) is 94.1 Å². The van der Waals surface area contributed by atoms with Gasteiger partial charge >= 0.3 is 5.97 Å². The Morgan fingerprint density at radius 1 is 0.971 bits per heavy atom. The fraction of sp³-hybridized carbons (Fsp3) is 0.0833. The monoisotopic (exact) mass is 497 g/mol. The number of ether oxygens (including phenoxy) is 2. The molecule has 0 bridgehead atoms. The Morgan fingerprint density at radius 2 is 1.71 bits per heavy atom. The van der Waals surface area contributed by atoms with Gasteiger partial charge in [0.25, 0.3) is 5.91 Å². The first kappa shape index (κ1) is 23.3. The first-order valence-corrected chi connectivity index (χ1v) is 10.8. The average Bonchev–Trinajstić information content (AvgIpc) is 2.82. The van der Waals surface area contributed by atoms with Crippen molar-refractivity contribution < 1.29 is 24.2 Å². The molecule has 4 aromatic rings. The van der Waals surface area contributed by atoms with Crippen molar-refractivity contribution in [2.45, 2.75) is 6.23 Å². The number of carboxylic acid groups (broad SMARTS) is 1. The first-order valence-electron chi connectivity index (χ1n) is 10.00. The van der Waals surface area contributed by atoms with E-state index in [0.717, 1.165) is 0 Å². The van der Waals surface area contributed by atoms with Gasteiger partial charge in [-0.15, -0.1) is 0 Å². The molecule has 34 heavy (non-hydrogen) atoms. The molecule has 1 unspecified atom stereocenters. The van der Waals surface area contributed by atoms with Gasteiger partial charge in [0.2, 0.25) is 12.1 Å². The summed E-state index contributed by atoms with van der Waals surface area (Å²) in [7, 11) is 0. The van der Waals surface area contributed by atoms with E-state index in [2.05, 4.69) is 15.3 Å². The summed E-state index contributed by atoms with van der Waals surface area (Å²) in [5.41, 5.74) is 1.42. The number of carbonyl (C=O) groups is 2. The van der Waals surface area contributed by atoms with E-state index in [4.69, 9.17) is 32.7 Å². The van der Waals surface area contributed by atoms with Crippen LogP contribution in [0.1, 0.15) is 20.7 Å². The smallest absolute Gasteiger partial charge is 0.339 e. The van der Waals surface area contributed by atoms with E-state index in [9.17, 15) is 14.7 Å². The van der Waals surface area contributed by atoms with Crippen LogP contribution < -0.4 is 14.8 Å². The second-order valence-corrected chi connectivity index (χ2v) is 7.86. The molecule has 2 N–H and O–H groups in total. The van der Waals surface area contributed by atoms with E-state index in [1.165, 1.54) is 36.5 Å². The molecular formula is C24H17Cl2N3O5. The minimum absolute atomic E-state index is 0.0289. The highest BCUT2D eigenvalue weighted by molar-refractivity contribution is 6.36. The Kier molecular flexibility index (Phi) is 7.10. The lowest BCUT2D eigenvalue weighted by Crippen LogP contribution is -2.43. The van der Waals surface area contributed by atoms with E-state index in [0.29, 0.717) is 16.1 Å². The van der Waals surface area contributed by atoms with E-state index in [-0.39, 0.29) is 34.4 Å². The fourth-order valence-corrected chi connectivity index (χ4v) is 3.57. The molecule has 0 aliphatic carbocycles. The van der Waals surface area contributed by atoms with Crippen molar-refractivity contribution in [3.8, 4) is 11.6 Å². The van der Waals surface area contributed by atoms with Gasteiger partial charge in [0.15, 0.2) is 0 Å². The normalized spacial score (nSPS) is 11.6. The van der Waals surface area contributed by atoms with E-state index >= 15 is 0 Å². The number of carbonyl (C=O) groups excluding carboxylic acids is 1. The molecule has 8 nitrogen and oxygen atoms in total. The second-order valence-electron chi connectivity index (χ2n) is 7.01. The molecule has 4 rings (SSSR count). The molecule has 0 saturated heterocycles. The standard InChI is InChI=1S/C24H17Cl2N3O5/c25-14-9-10-15(17(26)11-14)23(30)29-22(13-33-20-8-4-1-5-16(20)24(31)32)34-21-12-27-18-6-2-3-7-19(18)28-21/h1-12,22H,13H2,(H,29,30)(H,31,32). The number of benzene rings is 3. The Morgan fingerprint density at radius 3 is 2.47 bits per heavy atom. The minimum Gasteiger partial charge on any atom is -0.487 e. The first-order chi connectivity index (χ1) is 16.4. The zero-order valence-electron chi connectivity index (χ0n) is 17.4. The van der Waals surface area contributed by atoms with Crippen LogP contribution in [0.2, 0.25) is 10.0 Å². The summed E-state index contributed by atoms with van der Waals surface area (Å²) in [6, 6.07) is 17.8. The van der Waals surface area contributed by atoms with E-state index in [1.807, 2.05) is 12.1 Å². The SMILES string of the molecule is O=C(NC(COc1ccccc1C(=O)O)Oc1cnc2ccccc2n1)c1ccc(Cl)cc1Cl. The predicted molar refractivity (Wildman–Crippen MR) is 127 cm³/mol. The average molecular weight is 498 g/mol. The Bertz CT molecular complexity index is 1370. The molecule has 1 amide bonds. The number of nitrogens with one attached hydrogen (secondary N) is 1. The van der Waals surface area contributed by atoms with Crippen molar-refractivity contribution >= 4 is 46.1 Å². The van der Waals surface area contributed by atoms with Crippen LogP contribution in [0.3, 0.4) is 0 Å². The van der Waals surface area contributed by atoms with Gasteiger partial charge in [0, 0.05) is 5.02 Å². The number of aromatic carboxylic acids is 1. The third-order valence-electron chi connectivity index (χ3n) is 4.66. The number of carboxylic acids is 1. The third-order valence-corrected chi connectivity index (χ3v) is 5.21. The van der Waals surface area contributed by atoms with Gasteiger partial charge in [-0.05, 0) is 42.5 Å². The third kappa shape index (κ3) is 5.54. The highest BCUT2D eigenvalue weighted by Gasteiger charge is 2.21. The quantitative estimate of drug-likeness (QED) is 0.334. The van der Waals surface area contributed by atoms with Crippen molar-refractivity contribution in [3.63, 3.8) is 0 Å². The zero-order valence-corrected chi connectivity index (χ0v) is 19.0. The Hall–Kier alpha value is -3.88. The van der Waals surface area contributed by atoms with Crippen molar-refractivity contribution in [1.29, 1.82) is 0 Å². The summed E-state index contributed by atoms with van der Waals surface area (Å²) in [5.74, 6) is -1.44. The largest absolute Gasteiger partial charge is 0.487 e. The van der Waals surface area contributed by atoms with Gasteiger partial charge in [-0.2, -0.15) is 0 Å². The Labute approximate surface area is 204 Å². The highest BCUT2D eigenvalue weighted by Crippen LogP contribution is 2.22. The zero-order chi connectivity index (χ0) is 24.1. The molecule has 0 aliphatic heterocycles. The molecule has 172 valence electrons. The lowest BCUT2D eigenvalue weighted by Gasteiger charge is -2.21. The number of hydrogen-bond acceptors (Lipinski definition) is 6. The van der Waals surface area contributed by atoms with Gasteiger partial charge in [-0.1, -0.05) is 47.5 Å². The topological polar surface area (TPSA) is 111 Å². The number of aromatic nitrogens is 2. The minimum atomic E-state index is -1.15. The van der Waals surface area contributed by atoms with Crippen LogP contribution in [0.4, 0.5) is 0 Å². The molecule has 10 heteroatoms. The predicted octanol–water partition coefficient (Wildman–Crippen LogP) is 4.85. The van der Waals surface area contributed by atoms with Gasteiger partial charge in [-0.25, -0.2) is 14.8 Å². The summed E-state index contributed by atoms with van der Waals surface area (Å²) in [4.78, 5) is 33.0. The van der Waals surface area contributed by atoms with Gasteiger partial charge < -0.3 is 19.9 Å². The van der Waals surface area contributed by atoms with Crippen LogP contribution >= 0.6 is 23.2 Å². The maximum absolute atomic E-state index is 12.9. The van der Waals surface area contributed by atoms with Gasteiger partial charge in [0.05, 0.1) is 27.8 Å². The van der Waals surface area contributed by atoms with Crippen LogP contribution in [0.15, 0.2) is 72.9 Å². The van der Waals surface area contributed by atoms with Crippen molar-refractivity contribution in [2.24, 2.45) is 0 Å². The number of amides is 1. The number of hydrogen-bond donors (Lipinski definition) is 2. The molecule has 3 aromatic carbocycles. The van der Waals surface area contributed by atoms with Crippen molar-refractivity contribution in [2.75, 3.05) is 6.61 Å². The summed E-state index contributed by atoms with van der Waals surface area (Å²) in [5, 5.41) is 12.6. The van der Waals surface area contributed by atoms with Gasteiger partial charge in [-0.3, -0.25) is 4.79 Å². The lowest BCUT2D eigenvalue weighted by molar-refractivity contribution is 0.0642. The number of rotatable bonds is 8. The second kappa shape index (κ2) is 10.4. The van der Waals surface area contributed by atoms with Crippen LogP contribution in [0, 0.1) is 0 Å². The van der Waals surface area contributed by atoms with Crippen LogP contribution in [-0.4, -0.2) is 39.8 Å². The molecule has 0 fully saturated rings. The number of fused-ring (bicyclic) bond motifs is 1. The number of halogens is 2. The summed E-state index contributed by atoms with van der Waals surface area (Å²) >= 11 is 12.1. The molecule has 1 heterocycles.